The zero-order chi connectivity index (χ0) is 16.2. The van der Waals surface area contributed by atoms with Gasteiger partial charge in [-0.25, -0.2) is 13.1 Å². The van der Waals surface area contributed by atoms with Gasteiger partial charge in [-0.1, -0.05) is 0 Å². The second kappa shape index (κ2) is 6.51. The Morgan fingerprint density at radius 2 is 1.95 bits per heavy atom. The summed E-state index contributed by atoms with van der Waals surface area (Å²) in [5, 5.41) is 10.3. The SMILES string of the molecule is CCOc1ccc(S(=O)(=O)NCC(C)(O)c2ccco2)cc1. The molecule has 0 aliphatic carbocycles. The molecule has 0 fully saturated rings. The van der Waals surface area contributed by atoms with E-state index in [0.717, 1.165) is 0 Å². The summed E-state index contributed by atoms with van der Waals surface area (Å²) < 4.78 is 37.2. The summed E-state index contributed by atoms with van der Waals surface area (Å²) in [5.74, 6) is 0.894. The lowest BCUT2D eigenvalue weighted by Gasteiger charge is -2.21. The van der Waals surface area contributed by atoms with Gasteiger partial charge in [0, 0.05) is 6.54 Å². The predicted octanol–water partition coefficient (Wildman–Crippen LogP) is 1.86. The topological polar surface area (TPSA) is 88.8 Å². The maximum Gasteiger partial charge on any atom is 0.240 e. The van der Waals surface area contributed by atoms with Crippen LogP contribution in [0.2, 0.25) is 0 Å². The van der Waals surface area contributed by atoms with Crippen LogP contribution in [0.3, 0.4) is 0 Å². The van der Waals surface area contributed by atoms with E-state index in [1.165, 1.54) is 25.3 Å². The summed E-state index contributed by atoms with van der Waals surface area (Å²) in [6, 6.07) is 9.30. The Bertz CT molecular complexity index is 690. The van der Waals surface area contributed by atoms with Crippen molar-refractivity contribution in [1.29, 1.82) is 0 Å². The van der Waals surface area contributed by atoms with E-state index in [4.69, 9.17) is 9.15 Å². The molecule has 2 rings (SSSR count). The van der Waals surface area contributed by atoms with Crippen molar-refractivity contribution in [3.63, 3.8) is 0 Å². The number of rotatable bonds is 7. The first-order valence-electron chi connectivity index (χ1n) is 6.84. The Morgan fingerprint density at radius 3 is 2.50 bits per heavy atom. The van der Waals surface area contributed by atoms with E-state index >= 15 is 0 Å². The highest BCUT2D eigenvalue weighted by Gasteiger charge is 2.28. The molecule has 0 saturated heterocycles. The summed E-state index contributed by atoms with van der Waals surface area (Å²) in [7, 11) is -3.72. The van der Waals surface area contributed by atoms with Crippen LogP contribution in [-0.2, 0) is 15.6 Å². The summed E-state index contributed by atoms with van der Waals surface area (Å²) in [5.41, 5.74) is -1.43. The van der Waals surface area contributed by atoms with Crippen LogP contribution in [-0.4, -0.2) is 26.7 Å². The largest absolute Gasteiger partial charge is 0.494 e. The molecule has 1 unspecified atom stereocenters. The van der Waals surface area contributed by atoms with E-state index in [9.17, 15) is 13.5 Å². The van der Waals surface area contributed by atoms with E-state index < -0.39 is 15.6 Å². The second-order valence-electron chi connectivity index (χ2n) is 4.98. The molecule has 1 heterocycles. The standard InChI is InChI=1S/C15H19NO5S/c1-3-20-12-6-8-13(9-7-12)22(18,19)16-11-15(2,17)14-5-4-10-21-14/h4-10,16-17H,3,11H2,1-2H3. The van der Waals surface area contributed by atoms with Crippen LogP contribution < -0.4 is 9.46 Å². The van der Waals surface area contributed by atoms with Crippen molar-refractivity contribution in [3.8, 4) is 5.75 Å². The van der Waals surface area contributed by atoms with Gasteiger partial charge in [-0.15, -0.1) is 0 Å². The molecular weight excluding hydrogens is 306 g/mol. The van der Waals surface area contributed by atoms with Crippen LogP contribution >= 0.6 is 0 Å². The Balaban J connectivity index is 2.08. The Hall–Kier alpha value is -1.83. The zero-order valence-electron chi connectivity index (χ0n) is 12.4. The number of furan rings is 1. The third kappa shape index (κ3) is 3.88. The maximum absolute atomic E-state index is 12.2. The third-order valence-corrected chi connectivity index (χ3v) is 4.52. The first-order chi connectivity index (χ1) is 10.3. The Labute approximate surface area is 129 Å². The number of benzene rings is 1. The van der Waals surface area contributed by atoms with E-state index in [1.54, 1.807) is 24.3 Å². The van der Waals surface area contributed by atoms with Crippen LogP contribution in [0.4, 0.5) is 0 Å². The molecule has 1 atom stereocenters. The Morgan fingerprint density at radius 1 is 1.27 bits per heavy atom. The van der Waals surface area contributed by atoms with Crippen LogP contribution in [0.25, 0.3) is 0 Å². The van der Waals surface area contributed by atoms with Gasteiger partial charge in [0.05, 0.1) is 17.8 Å². The van der Waals surface area contributed by atoms with Crippen LogP contribution in [0.5, 0.6) is 5.75 Å². The fourth-order valence-electron chi connectivity index (χ4n) is 1.87. The highest BCUT2D eigenvalue weighted by molar-refractivity contribution is 7.89. The van der Waals surface area contributed by atoms with Crippen molar-refractivity contribution in [1.82, 2.24) is 4.72 Å². The molecule has 22 heavy (non-hydrogen) atoms. The average molecular weight is 325 g/mol. The minimum absolute atomic E-state index is 0.103. The predicted molar refractivity (Wildman–Crippen MR) is 81.1 cm³/mol. The Kier molecular flexibility index (Phi) is 4.90. The van der Waals surface area contributed by atoms with Crippen molar-refractivity contribution in [2.24, 2.45) is 0 Å². The van der Waals surface area contributed by atoms with Crippen molar-refractivity contribution in [3.05, 3.63) is 48.4 Å². The molecule has 1 aromatic heterocycles. The smallest absolute Gasteiger partial charge is 0.240 e. The molecule has 6 nitrogen and oxygen atoms in total. The maximum atomic E-state index is 12.2. The monoisotopic (exact) mass is 325 g/mol. The molecule has 2 aromatic rings. The van der Waals surface area contributed by atoms with Gasteiger partial charge in [0.1, 0.15) is 17.1 Å². The fourth-order valence-corrected chi connectivity index (χ4v) is 3.00. The number of aliphatic hydroxyl groups is 1. The van der Waals surface area contributed by atoms with Gasteiger partial charge < -0.3 is 14.3 Å². The lowest BCUT2D eigenvalue weighted by molar-refractivity contribution is 0.0395. The molecule has 2 N–H and O–H groups in total. The highest BCUT2D eigenvalue weighted by Crippen LogP contribution is 2.21. The molecule has 0 spiro atoms. The fraction of sp³-hybridized carbons (Fsp3) is 0.333. The lowest BCUT2D eigenvalue weighted by atomic mass is 10.1. The average Bonchev–Trinajstić information content (AvgIpc) is 3.02. The van der Waals surface area contributed by atoms with Crippen molar-refractivity contribution in [2.45, 2.75) is 24.3 Å². The van der Waals surface area contributed by atoms with Gasteiger partial charge in [0.2, 0.25) is 10.0 Å². The van der Waals surface area contributed by atoms with Crippen molar-refractivity contribution < 1.29 is 22.7 Å². The van der Waals surface area contributed by atoms with Crippen molar-refractivity contribution >= 4 is 10.0 Å². The summed E-state index contributed by atoms with van der Waals surface area (Å²) in [6.07, 6.45) is 1.42. The van der Waals surface area contributed by atoms with E-state index in [0.29, 0.717) is 18.1 Å². The molecule has 0 saturated carbocycles. The number of nitrogens with one attached hydrogen (secondary N) is 1. The van der Waals surface area contributed by atoms with Crippen LogP contribution in [0, 0.1) is 0 Å². The lowest BCUT2D eigenvalue weighted by Crippen LogP contribution is -2.38. The zero-order valence-corrected chi connectivity index (χ0v) is 13.3. The molecule has 0 aliphatic rings. The second-order valence-corrected chi connectivity index (χ2v) is 6.75. The summed E-state index contributed by atoms with van der Waals surface area (Å²) >= 11 is 0. The quantitative estimate of drug-likeness (QED) is 0.811. The minimum Gasteiger partial charge on any atom is -0.494 e. The van der Waals surface area contributed by atoms with Crippen molar-refractivity contribution in [2.75, 3.05) is 13.2 Å². The number of sulfonamides is 1. The molecule has 0 bridgehead atoms. The summed E-state index contributed by atoms with van der Waals surface area (Å²) in [4.78, 5) is 0.103. The van der Waals surface area contributed by atoms with Crippen LogP contribution in [0.1, 0.15) is 19.6 Å². The molecule has 120 valence electrons. The number of ether oxygens (including phenoxy) is 1. The first-order valence-corrected chi connectivity index (χ1v) is 8.32. The van der Waals surface area contributed by atoms with E-state index in [2.05, 4.69) is 4.72 Å². The molecule has 0 aliphatic heterocycles. The highest BCUT2D eigenvalue weighted by atomic mass is 32.2. The van der Waals surface area contributed by atoms with E-state index in [-0.39, 0.29) is 11.4 Å². The summed E-state index contributed by atoms with van der Waals surface area (Å²) in [6.45, 7) is 3.64. The van der Waals surface area contributed by atoms with E-state index in [1.807, 2.05) is 6.92 Å². The normalized spacial score (nSPS) is 14.5. The molecule has 0 radical (unpaired) electrons. The van der Waals surface area contributed by atoms with Gasteiger partial charge >= 0.3 is 0 Å². The van der Waals surface area contributed by atoms with Gasteiger partial charge in [0.15, 0.2) is 0 Å². The molecular formula is C15H19NO5S. The minimum atomic E-state index is -3.72. The first kappa shape index (κ1) is 16.5. The molecule has 0 amide bonds. The van der Waals surface area contributed by atoms with Crippen LogP contribution in [0.15, 0.2) is 52.0 Å². The molecule has 7 heteroatoms. The molecule has 1 aromatic carbocycles. The van der Waals surface area contributed by atoms with Gasteiger partial charge in [-0.3, -0.25) is 0 Å². The van der Waals surface area contributed by atoms with Gasteiger partial charge in [0.25, 0.3) is 0 Å². The van der Waals surface area contributed by atoms with Gasteiger partial charge in [-0.05, 0) is 50.2 Å². The number of hydrogen-bond donors (Lipinski definition) is 2. The number of hydrogen-bond acceptors (Lipinski definition) is 5. The van der Waals surface area contributed by atoms with Gasteiger partial charge in [-0.2, -0.15) is 0 Å². The third-order valence-electron chi connectivity index (χ3n) is 3.10.